The minimum atomic E-state index is 0.269. The fraction of sp³-hybridized carbons (Fsp3) is 0.750. The summed E-state index contributed by atoms with van der Waals surface area (Å²) in [7, 11) is 0. The van der Waals surface area contributed by atoms with Gasteiger partial charge in [0.25, 0.3) is 0 Å². The number of aryl methyl sites for hydroxylation is 2. The second kappa shape index (κ2) is 7.42. The van der Waals surface area contributed by atoms with Crippen molar-refractivity contribution in [3.8, 4) is 0 Å². The molecule has 0 atom stereocenters. The van der Waals surface area contributed by atoms with Gasteiger partial charge in [0.2, 0.25) is 5.91 Å². The molecule has 0 aliphatic carbocycles. The Kier molecular flexibility index (Phi) is 5.30. The third kappa shape index (κ3) is 4.10. The number of carbonyl (C=O) groups is 1. The molecule has 2 aliphatic rings. The highest BCUT2D eigenvalue weighted by Gasteiger charge is 2.23. The number of rotatable bonds is 4. The Morgan fingerprint density at radius 3 is 2.35 bits per heavy atom. The molecule has 0 unspecified atom stereocenters. The molecular weight excluding hydrogens is 294 g/mol. The Morgan fingerprint density at radius 2 is 1.74 bits per heavy atom. The number of piperazine rings is 2. The number of hydrogen-bond donors (Lipinski definition) is 1. The lowest BCUT2D eigenvalue weighted by molar-refractivity contribution is -0.133. The summed E-state index contributed by atoms with van der Waals surface area (Å²) in [5.74, 6) is 1.18. The Bertz CT molecular complexity index is 511. The van der Waals surface area contributed by atoms with Crippen LogP contribution in [-0.2, 0) is 11.3 Å². The van der Waals surface area contributed by atoms with Gasteiger partial charge in [-0.1, -0.05) is 5.16 Å². The molecule has 1 aromatic heterocycles. The maximum Gasteiger partial charge on any atom is 0.236 e. The van der Waals surface area contributed by atoms with Gasteiger partial charge in [-0.25, -0.2) is 0 Å². The SMILES string of the molecule is Cc1noc(C)c1CN1CCN(CC(=O)N2CCNCC2)CC1. The monoisotopic (exact) mass is 321 g/mol. The minimum absolute atomic E-state index is 0.269. The zero-order valence-corrected chi connectivity index (χ0v) is 14.2. The van der Waals surface area contributed by atoms with Crippen LogP contribution in [0, 0.1) is 13.8 Å². The molecule has 0 aromatic carbocycles. The van der Waals surface area contributed by atoms with Crippen LogP contribution in [0.15, 0.2) is 4.52 Å². The molecule has 3 rings (SSSR count). The average Bonchev–Trinajstić information content (AvgIpc) is 2.89. The maximum absolute atomic E-state index is 12.3. The number of nitrogens with one attached hydrogen (secondary N) is 1. The fourth-order valence-electron chi connectivity index (χ4n) is 3.26. The van der Waals surface area contributed by atoms with Crippen LogP contribution in [0.4, 0.5) is 0 Å². The average molecular weight is 321 g/mol. The van der Waals surface area contributed by atoms with Crippen molar-refractivity contribution in [3.63, 3.8) is 0 Å². The van der Waals surface area contributed by atoms with Gasteiger partial charge < -0.3 is 14.7 Å². The van der Waals surface area contributed by atoms with Gasteiger partial charge in [-0.15, -0.1) is 0 Å². The summed E-state index contributed by atoms with van der Waals surface area (Å²) < 4.78 is 5.24. The summed E-state index contributed by atoms with van der Waals surface area (Å²) in [6.07, 6.45) is 0. The van der Waals surface area contributed by atoms with Crippen molar-refractivity contribution in [2.75, 3.05) is 58.9 Å². The van der Waals surface area contributed by atoms with Crippen LogP contribution in [-0.4, -0.2) is 84.7 Å². The molecule has 7 heteroatoms. The van der Waals surface area contributed by atoms with Gasteiger partial charge in [0.15, 0.2) is 0 Å². The topological polar surface area (TPSA) is 64.9 Å². The van der Waals surface area contributed by atoms with Crippen LogP contribution in [0.1, 0.15) is 17.0 Å². The first kappa shape index (κ1) is 16.4. The second-order valence-corrected chi connectivity index (χ2v) is 6.49. The van der Waals surface area contributed by atoms with Crippen LogP contribution >= 0.6 is 0 Å². The number of aromatic nitrogens is 1. The number of hydrogen-bond acceptors (Lipinski definition) is 6. The first-order valence-electron chi connectivity index (χ1n) is 8.48. The van der Waals surface area contributed by atoms with E-state index in [1.807, 2.05) is 18.7 Å². The molecule has 7 nitrogen and oxygen atoms in total. The van der Waals surface area contributed by atoms with Gasteiger partial charge in [-0.2, -0.15) is 0 Å². The largest absolute Gasteiger partial charge is 0.361 e. The van der Waals surface area contributed by atoms with Crippen LogP contribution < -0.4 is 5.32 Å². The van der Waals surface area contributed by atoms with Crippen molar-refractivity contribution in [2.24, 2.45) is 0 Å². The van der Waals surface area contributed by atoms with Crippen LogP contribution in [0.25, 0.3) is 0 Å². The van der Waals surface area contributed by atoms with E-state index in [-0.39, 0.29) is 5.91 Å². The van der Waals surface area contributed by atoms with E-state index >= 15 is 0 Å². The van der Waals surface area contributed by atoms with Gasteiger partial charge in [0, 0.05) is 64.5 Å². The van der Waals surface area contributed by atoms with Gasteiger partial charge in [0.1, 0.15) is 5.76 Å². The van der Waals surface area contributed by atoms with E-state index in [2.05, 4.69) is 20.3 Å². The smallest absolute Gasteiger partial charge is 0.236 e. The normalized spacial score (nSPS) is 20.9. The van der Waals surface area contributed by atoms with E-state index in [1.165, 1.54) is 5.56 Å². The molecule has 0 radical (unpaired) electrons. The molecule has 2 saturated heterocycles. The van der Waals surface area contributed by atoms with Crippen molar-refractivity contribution >= 4 is 5.91 Å². The number of nitrogens with zero attached hydrogens (tertiary/aromatic N) is 4. The molecule has 1 aromatic rings. The number of amides is 1. The molecule has 23 heavy (non-hydrogen) atoms. The van der Waals surface area contributed by atoms with Gasteiger partial charge in [-0.05, 0) is 13.8 Å². The zero-order chi connectivity index (χ0) is 16.2. The summed E-state index contributed by atoms with van der Waals surface area (Å²) in [5.41, 5.74) is 2.19. The van der Waals surface area contributed by atoms with E-state index in [0.717, 1.165) is 70.4 Å². The van der Waals surface area contributed by atoms with Gasteiger partial charge in [0.05, 0.1) is 12.2 Å². The van der Waals surface area contributed by atoms with E-state index in [4.69, 9.17) is 4.52 Å². The molecule has 0 bridgehead atoms. The highest BCUT2D eigenvalue weighted by atomic mass is 16.5. The molecular formula is C16H27N5O2. The first-order valence-corrected chi connectivity index (χ1v) is 8.48. The quantitative estimate of drug-likeness (QED) is 0.831. The first-order chi connectivity index (χ1) is 11.1. The fourth-order valence-corrected chi connectivity index (χ4v) is 3.26. The Balaban J connectivity index is 1.44. The third-order valence-corrected chi connectivity index (χ3v) is 4.86. The molecule has 2 fully saturated rings. The molecule has 1 amide bonds. The van der Waals surface area contributed by atoms with Crippen LogP contribution in [0.3, 0.4) is 0 Å². The molecule has 3 heterocycles. The molecule has 128 valence electrons. The highest BCUT2D eigenvalue weighted by molar-refractivity contribution is 5.78. The Hall–Kier alpha value is -1.44. The van der Waals surface area contributed by atoms with Crippen molar-refractivity contribution in [1.82, 2.24) is 25.2 Å². The van der Waals surface area contributed by atoms with Crippen molar-refractivity contribution in [2.45, 2.75) is 20.4 Å². The summed E-state index contributed by atoms with van der Waals surface area (Å²) in [4.78, 5) is 19.0. The highest BCUT2D eigenvalue weighted by Crippen LogP contribution is 2.16. The lowest BCUT2D eigenvalue weighted by Gasteiger charge is -2.36. The third-order valence-electron chi connectivity index (χ3n) is 4.86. The summed E-state index contributed by atoms with van der Waals surface area (Å²) in [6, 6.07) is 0. The van der Waals surface area contributed by atoms with Gasteiger partial charge in [-0.3, -0.25) is 14.6 Å². The summed E-state index contributed by atoms with van der Waals surface area (Å²) in [6.45, 7) is 12.8. The molecule has 0 spiro atoms. The second-order valence-electron chi connectivity index (χ2n) is 6.49. The lowest BCUT2D eigenvalue weighted by atomic mass is 10.2. The molecule has 0 saturated carbocycles. The van der Waals surface area contributed by atoms with Crippen molar-refractivity contribution in [1.29, 1.82) is 0 Å². The Labute approximate surface area is 137 Å². The predicted molar refractivity (Wildman–Crippen MR) is 87.1 cm³/mol. The number of carbonyl (C=O) groups excluding carboxylic acids is 1. The van der Waals surface area contributed by atoms with Crippen molar-refractivity contribution < 1.29 is 9.32 Å². The standard InChI is InChI=1S/C16H27N5O2/c1-13-15(14(2)23-18-13)11-19-7-9-20(10-8-19)12-16(22)21-5-3-17-4-6-21/h17H,3-12H2,1-2H3. The van der Waals surface area contributed by atoms with E-state index in [0.29, 0.717) is 6.54 Å². The van der Waals surface area contributed by atoms with E-state index < -0.39 is 0 Å². The zero-order valence-electron chi connectivity index (χ0n) is 14.2. The Morgan fingerprint density at radius 1 is 1.09 bits per heavy atom. The van der Waals surface area contributed by atoms with Crippen molar-refractivity contribution in [3.05, 3.63) is 17.0 Å². The predicted octanol–water partition coefficient (Wildman–Crippen LogP) is -0.159. The maximum atomic E-state index is 12.3. The lowest BCUT2D eigenvalue weighted by Crippen LogP contribution is -2.52. The summed E-state index contributed by atoms with van der Waals surface area (Å²) >= 11 is 0. The van der Waals surface area contributed by atoms with E-state index in [9.17, 15) is 4.79 Å². The van der Waals surface area contributed by atoms with Crippen LogP contribution in [0.2, 0.25) is 0 Å². The molecule has 1 N–H and O–H groups in total. The van der Waals surface area contributed by atoms with E-state index in [1.54, 1.807) is 0 Å². The minimum Gasteiger partial charge on any atom is -0.361 e. The van der Waals surface area contributed by atoms with Crippen LogP contribution in [0.5, 0.6) is 0 Å². The van der Waals surface area contributed by atoms with Gasteiger partial charge >= 0.3 is 0 Å². The molecule has 2 aliphatic heterocycles. The summed E-state index contributed by atoms with van der Waals surface area (Å²) in [5, 5.41) is 7.30.